The molecule has 1 heterocycles. The first-order valence-electron chi connectivity index (χ1n) is 3.72. The van der Waals surface area contributed by atoms with Gasteiger partial charge in [-0.25, -0.2) is 13.2 Å². The normalized spacial score (nSPS) is 11.3. The number of aryl methyl sites for hydroxylation is 1. The van der Waals surface area contributed by atoms with E-state index in [1.54, 1.807) is 0 Å². The fraction of sp³-hybridized carbons (Fsp3) is 0.250. The van der Waals surface area contributed by atoms with Crippen molar-refractivity contribution in [1.29, 1.82) is 0 Å². The average Bonchev–Trinajstić information content (AvgIpc) is 2.02. The van der Waals surface area contributed by atoms with Crippen LogP contribution in [0, 0.1) is 6.92 Å². The number of pyridine rings is 1. The van der Waals surface area contributed by atoms with Gasteiger partial charge >= 0.3 is 5.97 Å². The first-order valence-corrected chi connectivity index (χ1v) is 5.61. The molecule has 1 aromatic rings. The molecule has 14 heavy (non-hydrogen) atoms. The van der Waals surface area contributed by atoms with E-state index in [0.29, 0.717) is 5.69 Å². The summed E-state index contributed by atoms with van der Waals surface area (Å²) < 4.78 is 22.4. The van der Waals surface area contributed by atoms with Crippen molar-refractivity contribution in [3.8, 4) is 0 Å². The van der Waals surface area contributed by atoms with Crippen LogP contribution >= 0.6 is 0 Å². The Balaban J connectivity index is 3.44. The highest BCUT2D eigenvalue weighted by atomic mass is 32.2. The maximum atomic E-state index is 11.2. The van der Waals surface area contributed by atoms with Gasteiger partial charge < -0.3 is 5.11 Å². The predicted octanol–water partition coefficient (Wildman–Crippen LogP) is 0.492. The van der Waals surface area contributed by atoms with Crippen molar-refractivity contribution < 1.29 is 18.3 Å². The highest BCUT2D eigenvalue weighted by molar-refractivity contribution is 7.90. The summed E-state index contributed by atoms with van der Waals surface area (Å²) in [6.45, 7) is 1.52. The van der Waals surface area contributed by atoms with Crippen LogP contribution in [0.3, 0.4) is 0 Å². The summed E-state index contributed by atoms with van der Waals surface area (Å²) in [5, 5.41) is 8.63. The molecule has 0 radical (unpaired) electrons. The van der Waals surface area contributed by atoms with Crippen molar-refractivity contribution in [2.75, 3.05) is 6.26 Å². The van der Waals surface area contributed by atoms with E-state index in [4.69, 9.17) is 5.11 Å². The van der Waals surface area contributed by atoms with Gasteiger partial charge in [0.25, 0.3) is 0 Å². The highest BCUT2D eigenvalue weighted by Gasteiger charge is 2.14. The molecule has 0 spiro atoms. The summed E-state index contributed by atoms with van der Waals surface area (Å²) in [6.07, 6.45) is 2.15. The molecule has 0 aliphatic carbocycles. The molecule has 0 bridgehead atoms. The predicted molar refractivity (Wildman–Crippen MR) is 49.0 cm³/mol. The van der Waals surface area contributed by atoms with Crippen LogP contribution in [-0.2, 0) is 9.84 Å². The number of hydrogen-bond donors (Lipinski definition) is 1. The molecule has 0 aromatic carbocycles. The van der Waals surface area contributed by atoms with E-state index < -0.39 is 15.8 Å². The van der Waals surface area contributed by atoms with Gasteiger partial charge in [0.1, 0.15) is 0 Å². The van der Waals surface area contributed by atoms with Gasteiger partial charge in [-0.3, -0.25) is 4.98 Å². The number of sulfone groups is 1. The summed E-state index contributed by atoms with van der Waals surface area (Å²) in [5.41, 5.74) is 0.175. The second kappa shape index (κ2) is 3.38. The van der Waals surface area contributed by atoms with Crippen LogP contribution in [-0.4, -0.2) is 30.7 Å². The summed E-state index contributed by atoms with van der Waals surface area (Å²) >= 11 is 0. The third-order valence-electron chi connectivity index (χ3n) is 1.69. The number of aromatic carboxylic acids is 1. The minimum Gasteiger partial charge on any atom is -0.478 e. The Kier molecular flexibility index (Phi) is 2.57. The minimum atomic E-state index is -3.42. The van der Waals surface area contributed by atoms with Crippen molar-refractivity contribution in [3.63, 3.8) is 0 Å². The zero-order valence-electron chi connectivity index (χ0n) is 7.68. The Morgan fingerprint density at radius 1 is 1.50 bits per heavy atom. The molecular weight excluding hydrogens is 206 g/mol. The maximum absolute atomic E-state index is 11.2. The molecule has 0 saturated carbocycles. The van der Waals surface area contributed by atoms with Gasteiger partial charge in [0.2, 0.25) is 0 Å². The standard InChI is InChI=1S/C8H9NO4S/c1-5-7(14(2,12)13)3-6(4-9-5)8(10)11/h3-4H,1-2H3,(H,10,11). The zero-order chi connectivity index (χ0) is 10.9. The van der Waals surface area contributed by atoms with Gasteiger partial charge in [0.05, 0.1) is 16.2 Å². The van der Waals surface area contributed by atoms with Crippen molar-refractivity contribution in [1.82, 2.24) is 4.98 Å². The summed E-state index contributed by atoms with van der Waals surface area (Å²) in [4.78, 5) is 14.2. The number of aromatic nitrogens is 1. The zero-order valence-corrected chi connectivity index (χ0v) is 8.50. The third kappa shape index (κ3) is 2.08. The van der Waals surface area contributed by atoms with E-state index in [-0.39, 0.29) is 10.5 Å². The Hall–Kier alpha value is -1.43. The van der Waals surface area contributed by atoms with Gasteiger partial charge in [-0.1, -0.05) is 0 Å². The summed E-state index contributed by atoms with van der Waals surface area (Å²) in [5.74, 6) is -1.19. The van der Waals surface area contributed by atoms with E-state index in [1.165, 1.54) is 6.92 Å². The van der Waals surface area contributed by atoms with Gasteiger partial charge in [-0.05, 0) is 13.0 Å². The Bertz CT molecular complexity index is 478. The molecule has 1 N–H and O–H groups in total. The van der Waals surface area contributed by atoms with Crippen LogP contribution in [0.2, 0.25) is 0 Å². The molecule has 0 aliphatic heterocycles. The molecule has 76 valence electrons. The van der Waals surface area contributed by atoms with E-state index in [2.05, 4.69) is 4.98 Å². The number of carboxylic acid groups (broad SMARTS) is 1. The second-order valence-corrected chi connectivity index (χ2v) is 4.87. The lowest BCUT2D eigenvalue weighted by Gasteiger charge is -2.03. The van der Waals surface area contributed by atoms with Crippen molar-refractivity contribution in [3.05, 3.63) is 23.5 Å². The van der Waals surface area contributed by atoms with Gasteiger partial charge in [0, 0.05) is 12.5 Å². The minimum absolute atomic E-state index is 0.0441. The Morgan fingerprint density at radius 3 is 2.50 bits per heavy atom. The third-order valence-corrected chi connectivity index (χ3v) is 2.90. The van der Waals surface area contributed by atoms with E-state index in [9.17, 15) is 13.2 Å². The molecular formula is C8H9NO4S. The Morgan fingerprint density at radius 2 is 2.07 bits per heavy atom. The SMILES string of the molecule is Cc1ncc(C(=O)O)cc1S(C)(=O)=O. The van der Waals surface area contributed by atoms with Crippen molar-refractivity contribution in [2.24, 2.45) is 0 Å². The van der Waals surface area contributed by atoms with E-state index in [0.717, 1.165) is 18.5 Å². The van der Waals surface area contributed by atoms with Gasteiger partial charge in [-0.2, -0.15) is 0 Å². The van der Waals surface area contributed by atoms with Gasteiger partial charge in [0.15, 0.2) is 9.84 Å². The van der Waals surface area contributed by atoms with Crippen LogP contribution in [0.1, 0.15) is 16.1 Å². The molecule has 0 fully saturated rings. The lowest BCUT2D eigenvalue weighted by Crippen LogP contribution is -2.06. The van der Waals surface area contributed by atoms with Crippen molar-refractivity contribution in [2.45, 2.75) is 11.8 Å². The lowest BCUT2D eigenvalue weighted by molar-refractivity contribution is 0.0696. The lowest BCUT2D eigenvalue weighted by atomic mass is 10.2. The fourth-order valence-electron chi connectivity index (χ4n) is 1.01. The van der Waals surface area contributed by atoms with Crippen LogP contribution in [0.15, 0.2) is 17.2 Å². The molecule has 0 aliphatic rings. The molecule has 0 amide bonds. The largest absolute Gasteiger partial charge is 0.478 e. The molecule has 5 nitrogen and oxygen atoms in total. The van der Waals surface area contributed by atoms with Crippen molar-refractivity contribution >= 4 is 15.8 Å². The van der Waals surface area contributed by atoms with E-state index in [1.807, 2.05) is 0 Å². The summed E-state index contributed by atoms with van der Waals surface area (Å²) in [7, 11) is -3.42. The number of rotatable bonds is 2. The van der Waals surface area contributed by atoms with Crippen LogP contribution in [0.4, 0.5) is 0 Å². The molecule has 1 rings (SSSR count). The van der Waals surface area contributed by atoms with Crippen LogP contribution in [0.25, 0.3) is 0 Å². The topological polar surface area (TPSA) is 84.3 Å². The molecule has 6 heteroatoms. The number of carboxylic acids is 1. The first kappa shape index (κ1) is 10.6. The smallest absolute Gasteiger partial charge is 0.337 e. The molecule has 1 aromatic heterocycles. The van der Waals surface area contributed by atoms with Gasteiger partial charge in [-0.15, -0.1) is 0 Å². The van der Waals surface area contributed by atoms with E-state index >= 15 is 0 Å². The highest BCUT2D eigenvalue weighted by Crippen LogP contribution is 2.14. The Labute approximate surface area is 81.3 Å². The van der Waals surface area contributed by atoms with Crippen LogP contribution in [0.5, 0.6) is 0 Å². The molecule has 0 atom stereocenters. The molecule has 0 unspecified atom stereocenters. The molecule has 0 saturated heterocycles. The number of hydrogen-bond acceptors (Lipinski definition) is 4. The fourth-order valence-corrected chi connectivity index (χ4v) is 1.94. The monoisotopic (exact) mass is 215 g/mol. The number of nitrogens with zero attached hydrogens (tertiary/aromatic N) is 1. The quantitative estimate of drug-likeness (QED) is 0.776. The first-order chi connectivity index (χ1) is 6.32. The maximum Gasteiger partial charge on any atom is 0.337 e. The second-order valence-electron chi connectivity index (χ2n) is 2.88. The number of carbonyl (C=O) groups is 1. The summed E-state index contributed by atoms with van der Waals surface area (Å²) in [6, 6.07) is 1.11. The van der Waals surface area contributed by atoms with Crippen LogP contribution < -0.4 is 0 Å². The average molecular weight is 215 g/mol.